The summed E-state index contributed by atoms with van der Waals surface area (Å²) in [5, 5.41) is 9.68. The highest BCUT2D eigenvalue weighted by Gasteiger charge is 2.35. The maximum Gasteiger partial charge on any atom is 0.195 e. The number of phenolic OH excluding ortho intramolecular Hbond substituents is 1. The maximum absolute atomic E-state index is 10.6. The Bertz CT molecular complexity index is 380. The number of ether oxygens (including phenoxy) is 2. The van der Waals surface area contributed by atoms with Crippen LogP contribution in [-0.2, 0) is 15.3 Å². The van der Waals surface area contributed by atoms with E-state index in [-0.39, 0.29) is 5.75 Å². The first-order valence-electron chi connectivity index (χ1n) is 4.72. The van der Waals surface area contributed by atoms with Gasteiger partial charge in [-0.1, -0.05) is 0 Å². The van der Waals surface area contributed by atoms with E-state index in [1.807, 2.05) is 0 Å². The minimum Gasteiger partial charge on any atom is -0.507 e. The Hall–Kier alpha value is -1.39. The van der Waals surface area contributed by atoms with E-state index < -0.39 is 5.79 Å². The largest absolute Gasteiger partial charge is 0.507 e. The molecule has 0 bridgehead atoms. The molecule has 1 aromatic carbocycles. The van der Waals surface area contributed by atoms with Gasteiger partial charge in [-0.15, -0.1) is 0 Å². The zero-order valence-corrected chi connectivity index (χ0v) is 8.40. The molecule has 4 nitrogen and oxygen atoms in total. The lowest BCUT2D eigenvalue weighted by Gasteiger charge is -2.23. The molecule has 1 heterocycles. The van der Waals surface area contributed by atoms with Crippen LogP contribution >= 0.6 is 0 Å². The van der Waals surface area contributed by atoms with Gasteiger partial charge in [-0.05, 0) is 25.1 Å². The van der Waals surface area contributed by atoms with Crippen LogP contribution in [0.3, 0.4) is 0 Å². The SMILES string of the molecule is CC1(c2cc(C=O)ccc2O)OCCO1. The van der Waals surface area contributed by atoms with Crippen molar-refractivity contribution in [2.75, 3.05) is 13.2 Å². The van der Waals surface area contributed by atoms with Gasteiger partial charge in [0.25, 0.3) is 0 Å². The van der Waals surface area contributed by atoms with E-state index in [2.05, 4.69) is 0 Å². The van der Waals surface area contributed by atoms with E-state index in [4.69, 9.17) is 9.47 Å². The second-order valence-corrected chi connectivity index (χ2v) is 3.54. The molecule has 1 aliphatic rings. The molecule has 1 fully saturated rings. The lowest BCUT2D eigenvalue weighted by atomic mass is 10.0. The van der Waals surface area contributed by atoms with Gasteiger partial charge in [0.1, 0.15) is 12.0 Å². The van der Waals surface area contributed by atoms with Gasteiger partial charge in [0.15, 0.2) is 5.79 Å². The molecule has 0 amide bonds. The predicted molar refractivity (Wildman–Crippen MR) is 52.8 cm³/mol. The summed E-state index contributed by atoms with van der Waals surface area (Å²) >= 11 is 0. The summed E-state index contributed by atoms with van der Waals surface area (Å²) in [6.45, 7) is 2.70. The molecule has 15 heavy (non-hydrogen) atoms. The summed E-state index contributed by atoms with van der Waals surface area (Å²) in [6, 6.07) is 4.59. The molecule has 1 aromatic rings. The summed E-state index contributed by atoms with van der Waals surface area (Å²) in [6.07, 6.45) is 0.723. The normalized spacial score (nSPS) is 19.0. The van der Waals surface area contributed by atoms with Crippen LogP contribution in [0.2, 0.25) is 0 Å². The lowest BCUT2D eigenvalue weighted by molar-refractivity contribution is -0.150. The molecule has 4 heteroatoms. The number of carbonyl (C=O) groups excluding carboxylic acids is 1. The summed E-state index contributed by atoms with van der Waals surface area (Å²) in [4.78, 5) is 10.6. The highest BCUT2D eigenvalue weighted by molar-refractivity contribution is 5.75. The summed E-state index contributed by atoms with van der Waals surface area (Å²) in [5.41, 5.74) is 0.979. The quantitative estimate of drug-likeness (QED) is 0.747. The number of aldehydes is 1. The van der Waals surface area contributed by atoms with Crippen molar-refractivity contribution in [2.45, 2.75) is 12.7 Å². The molecule has 0 spiro atoms. The molecule has 0 aliphatic carbocycles. The Labute approximate surface area is 87.4 Å². The predicted octanol–water partition coefficient (Wildman–Crippen LogP) is 1.42. The molecule has 0 aromatic heterocycles. The number of benzene rings is 1. The second-order valence-electron chi connectivity index (χ2n) is 3.54. The van der Waals surface area contributed by atoms with Gasteiger partial charge in [-0.2, -0.15) is 0 Å². The van der Waals surface area contributed by atoms with Gasteiger partial charge in [0.05, 0.1) is 18.8 Å². The van der Waals surface area contributed by atoms with Crippen LogP contribution in [0.4, 0.5) is 0 Å². The first-order valence-corrected chi connectivity index (χ1v) is 4.72. The van der Waals surface area contributed by atoms with Crippen LogP contribution < -0.4 is 0 Å². The number of carbonyl (C=O) groups is 1. The maximum atomic E-state index is 10.6. The average Bonchev–Trinajstić information content (AvgIpc) is 2.67. The molecule has 0 atom stereocenters. The molecule has 2 rings (SSSR count). The third-order valence-electron chi connectivity index (χ3n) is 2.48. The van der Waals surface area contributed by atoms with Crippen molar-refractivity contribution < 1.29 is 19.4 Å². The van der Waals surface area contributed by atoms with Gasteiger partial charge >= 0.3 is 0 Å². The van der Waals surface area contributed by atoms with Crippen LogP contribution in [0, 0.1) is 0 Å². The number of phenols is 1. The van der Waals surface area contributed by atoms with Gasteiger partial charge < -0.3 is 14.6 Å². The molecule has 1 N–H and O–H groups in total. The standard InChI is InChI=1S/C11H12O4/c1-11(14-4-5-15-11)9-6-8(7-12)2-3-10(9)13/h2-3,6-7,13H,4-5H2,1H3. The number of hydrogen-bond acceptors (Lipinski definition) is 4. The fraction of sp³-hybridized carbons (Fsp3) is 0.364. The van der Waals surface area contributed by atoms with Crippen molar-refractivity contribution in [2.24, 2.45) is 0 Å². The first-order chi connectivity index (χ1) is 7.15. The van der Waals surface area contributed by atoms with E-state index in [9.17, 15) is 9.90 Å². The fourth-order valence-corrected chi connectivity index (χ4v) is 1.66. The van der Waals surface area contributed by atoms with Gasteiger partial charge in [0, 0.05) is 5.56 Å². The third kappa shape index (κ3) is 1.73. The van der Waals surface area contributed by atoms with E-state index in [0.29, 0.717) is 24.3 Å². The van der Waals surface area contributed by atoms with Crippen molar-refractivity contribution in [3.63, 3.8) is 0 Å². The van der Waals surface area contributed by atoms with E-state index in [1.54, 1.807) is 19.1 Å². The Morgan fingerprint density at radius 2 is 2.07 bits per heavy atom. The monoisotopic (exact) mass is 208 g/mol. The second kappa shape index (κ2) is 3.64. The van der Waals surface area contributed by atoms with Crippen molar-refractivity contribution in [3.05, 3.63) is 29.3 Å². The Morgan fingerprint density at radius 1 is 1.40 bits per heavy atom. The van der Waals surface area contributed by atoms with E-state index in [1.165, 1.54) is 6.07 Å². The third-order valence-corrected chi connectivity index (χ3v) is 2.48. The first kappa shape index (κ1) is 10.1. The summed E-state index contributed by atoms with van der Waals surface area (Å²) in [7, 11) is 0. The highest BCUT2D eigenvalue weighted by Crippen LogP contribution is 2.36. The zero-order chi connectivity index (χ0) is 10.9. The van der Waals surface area contributed by atoms with Crippen molar-refractivity contribution in [1.29, 1.82) is 0 Å². The highest BCUT2D eigenvalue weighted by atomic mass is 16.7. The van der Waals surface area contributed by atoms with Crippen LogP contribution in [0.1, 0.15) is 22.8 Å². The zero-order valence-electron chi connectivity index (χ0n) is 8.40. The van der Waals surface area contributed by atoms with E-state index in [0.717, 1.165) is 6.29 Å². The van der Waals surface area contributed by atoms with Crippen molar-refractivity contribution >= 4 is 6.29 Å². The topological polar surface area (TPSA) is 55.8 Å². The van der Waals surface area contributed by atoms with Crippen LogP contribution in [0.15, 0.2) is 18.2 Å². The molecular formula is C11H12O4. The molecule has 0 unspecified atom stereocenters. The van der Waals surface area contributed by atoms with Crippen LogP contribution in [-0.4, -0.2) is 24.6 Å². The summed E-state index contributed by atoms with van der Waals surface area (Å²) < 4.78 is 10.8. The Morgan fingerprint density at radius 3 is 2.67 bits per heavy atom. The van der Waals surface area contributed by atoms with E-state index >= 15 is 0 Å². The molecule has 0 radical (unpaired) electrons. The smallest absolute Gasteiger partial charge is 0.195 e. The molecule has 0 saturated carbocycles. The van der Waals surface area contributed by atoms with Crippen molar-refractivity contribution in [3.8, 4) is 5.75 Å². The summed E-state index contributed by atoms with van der Waals surface area (Å²) in [5.74, 6) is -0.867. The van der Waals surface area contributed by atoms with Crippen LogP contribution in [0.25, 0.3) is 0 Å². The number of hydrogen-bond donors (Lipinski definition) is 1. The lowest BCUT2D eigenvalue weighted by Crippen LogP contribution is -2.22. The van der Waals surface area contributed by atoms with Gasteiger partial charge in [-0.3, -0.25) is 4.79 Å². The number of rotatable bonds is 2. The number of aromatic hydroxyl groups is 1. The molecule has 1 aliphatic heterocycles. The van der Waals surface area contributed by atoms with Crippen molar-refractivity contribution in [1.82, 2.24) is 0 Å². The average molecular weight is 208 g/mol. The minimum atomic E-state index is -0.941. The van der Waals surface area contributed by atoms with Gasteiger partial charge in [0.2, 0.25) is 0 Å². The fourth-order valence-electron chi connectivity index (χ4n) is 1.66. The van der Waals surface area contributed by atoms with Gasteiger partial charge in [-0.25, -0.2) is 0 Å². The minimum absolute atomic E-state index is 0.0741. The van der Waals surface area contributed by atoms with Crippen LogP contribution in [0.5, 0.6) is 5.75 Å². The Kier molecular flexibility index (Phi) is 2.46. The Balaban J connectivity index is 2.45. The molecular weight excluding hydrogens is 196 g/mol. The molecule has 80 valence electrons. The molecule has 1 saturated heterocycles.